The Morgan fingerprint density at radius 2 is 1.56 bits per heavy atom. The second-order valence-electron chi connectivity index (χ2n) is 5.77. The van der Waals surface area contributed by atoms with Gasteiger partial charge in [0, 0.05) is 11.7 Å². The fourth-order valence-electron chi connectivity index (χ4n) is 2.09. The Morgan fingerprint density at radius 3 is 2.16 bits per heavy atom. The number of ether oxygens (including phenoxy) is 2. The zero-order valence-electron chi connectivity index (χ0n) is 14.8. The van der Waals surface area contributed by atoms with Crippen LogP contribution in [0.4, 0.5) is 5.69 Å². The maximum atomic E-state index is 11.8. The third-order valence-corrected chi connectivity index (χ3v) is 3.73. The molecule has 0 heterocycles. The molecular formula is C20H26N2O3. The van der Waals surface area contributed by atoms with E-state index >= 15 is 0 Å². The van der Waals surface area contributed by atoms with E-state index in [1.807, 2.05) is 54.6 Å². The minimum atomic E-state index is -0.0507. The standard InChI is InChI=1S/C20H26N2O3/c1-3-16(2)21-15-20(23)22-17-9-11-19(12-10-17)25-14-13-24-18-7-5-4-6-8-18/h4-12,16,21H,3,13-15H2,1-2H3,(H,22,23). The second kappa shape index (κ2) is 10.4. The highest BCUT2D eigenvalue weighted by atomic mass is 16.5. The average molecular weight is 342 g/mol. The molecule has 0 spiro atoms. The molecule has 25 heavy (non-hydrogen) atoms. The zero-order valence-corrected chi connectivity index (χ0v) is 14.8. The molecule has 1 unspecified atom stereocenters. The van der Waals surface area contributed by atoms with Gasteiger partial charge < -0.3 is 20.1 Å². The first-order valence-electron chi connectivity index (χ1n) is 8.61. The van der Waals surface area contributed by atoms with Gasteiger partial charge in [0.05, 0.1) is 6.54 Å². The van der Waals surface area contributed by atoms with Gasteiger partial charge in [-0.3, -0.25) is 4.79 Å². The number of para-hydroxylation sites is 1. The summed E-state index contributed by atoms with van der Waals surface area (Å²) < 4.78 is 11.2. The van der Waals surface area contributed by atoms with Crippen LogP contribution in [0.2, 0.25) is 0 Å². The fourth-order valence-corrected chi connectivity index (χ4v) is 2.09. The van der Waals surface area contributed by atoms with Gasteiger partial charge in [0.25, 0.3) is 0 Å². The van der Waals surface area contributed by atoms with Crippen molar-refractivity contribution < 1.29 is 14.3 Å². The van der Waals surface area contributed by atoms with Crippen LogP contribution >= 0.6 is 0 Å². The Morgan fingerprint density at radius 1 is 0.960 bits per heavy atom. The molecule has 0 aromatic heterocycles. The zero-order chi connectivity index (χ0) is 17.9. The van der Waals surface area contributed by atoms with Crippen LogP contribution in [0.15, 0.2) is 54.6 Å². The van der Waals surface area contributed by atoms with E-state index < -0.39 is 0 Å². The van der Waals surface area contributed by atoms with E-state index in [4.69, 9.17) is 9.47 Å². The third-order valence-electron chi connectivity index (χ3n) is 3.73. The summed E-state index contributed by atoms with van der Waals surface area (Å²) in [4.78, 5) is 11.8. The van der Waals surface area contributed by atoms with Gasteiger partial charge in [-0.2, -0.15) is 0 Å². The van der Waals surface area contributed by atoms with Gasteiger partial charge in [0.2, 0.25) is 5.91 Å². The van der Waals surface area contributed by atoms with Crippen LogP contribution in [0.1, 0.15) is 20.3 Å². The van der Waals surface area contributed by atoms with Gasteiger partial charge in [-0.05, 0) is 49.7 Å². The van der Waals surface area contributed by atoms with E-state index in [2.05, 4.69) is 24.5 Å². The van der Waals surface area contributed by atoms with Gasteiger partial charge in [0.15, 0.2) is 0 Å². The Balaban J connectivity index is 1.68. The van der Waals surface area contributed by atoms with E-state index in [1.54, 1.807) is 0 Å². The van der Waals surface area contributed by atoms with Crippen molar-refractivity contribution in [1.82, 2.24) is 5.32 Å². The monoisotopic (exact) mass is 342 g/mol. The minimum Gasteiger partial charge on any atom is -0.490 e. The lowest BCUT2D eigenvalue weighted by Crippen LogP contribution is -2.33. The van der Waals surface area contributed by atoms with Crippen LogP contribution in [0, 0.1) is 0 Å². The molecule has 0 fully saturated rings. The molecule has 0 saturated heterocycles. The molecule has 2 aromatic rings. The highest BCUT2D eigenvalue weighted by Gasteiger charge is 2.04. The molecular weight excluding hydrogens is 316 g/mol. The molecule has 2 aromatic carbocycles. The molecule has 0 bridgehead atoms. The van der Waals surface area contributed by atoms with Crippen molar-refractivity contribution in [3.05, 3.63) is 54.6 Å². The molecule has 0 aliphatic rings. The fraction of sp³-hybridized carbons (Fsp3) is 0.350. The van der Waals surface area contributed by atoms with Crippen LogP contribution in [0.5, 0.6) is 11.5 Å². The smallest absolute Gasteiger partial charge is 0.238 e. The van der Waals surface area contributed by atoms with Crippen LogP contribution in [-0.2, 0) is 4.79 Å². The summed E-state index contributed by atoms with van der Waals surface area (Å²) >= 11 is 0. The third kappa shape index (κ3) is 7.27. The minimum absolute atomic E-state index is 0.0507. The number of benzene rings is 2. The number of amides is 1. The van der Waals surface area contributed by atoms with E-state index in [-0.39, 0.29) is 5.91 Å². The Labute approximate surface area is 149 Å². The maximum Gasteiger partial charge on any atom is 0.238 e. The molecule has 1 amide bonds. The number of anilines is 1. The van der Waals surface area contributed by atoms with Crippen molar-refractivity contribution in [3.63, 3.8) is 0 Å². The lowest BCUT2D eigenvalue weighted by Gasteiger charge is -2.12. The predicted molar refractivity (Wildman–Crippen MR) is 100 cm³/mol. The SMILES string of the molecule is CCC(C)NCC(=O)Nc1ccc(OCCOc2ccccc2)cc1. The van der Waals surface area contributed by atoms with Gasteiger partial charge in [-0.25, -0.2) is 0 Å². The van der Waals surface area contributed by atoms with Crippen molar-refractivity contribution in [2.24, 2.45) is 0 Å². The van der Waals surface area contributed by atoms with Crippen molar-refractivity contribution in [2.75, 3.05) is 25.1 Å². The van der Waals surface area contributed by atoms with Crippen molar-refractivity contribution in [3.8, 4) is 11.5 Å². The van der Waals surface area contributed by atoms with Crippen molar-refractivity contribution in [1.29, 1.82) is 0 Å². The van der Waals surface area contributed by atoms with Gasteiger partial charge in [-0.1, -0.05) is 25.1 Å². The van der Waals surface area contributed by atoms with Gasteiger partial charge >= 0.3 is 0 Å². The van der Waals surface area contributed by atoms with E-state index in [0.29, 0.717) is 25.8 Å². The highest BCUT2D eigenvalue weighted by Crippen LogP contribution is 2.16. The van der Waals surface area contributed by atoms with E-state index in [1.165, 1.54) is 0 Å². The number of carbonyl (C=O) groups excluding carboxylic acids is 1. The molecule has 2 N–H and O–H groups in total. The highest BCUT2D eigenvalue weighted by molar-refractivity contribution is 5.92. The first-order valence-corrected chi connectivity index (χ1v) is 8.61. The molecule has 134 valence electrons. The predicted octanol–water partition coefficient (Wildman–Crippen LogP) is 3.47. The molecule has 0 aliphatic carbocycles. The summed E-state index contributed by atoms with van der Waals surface area (Å²) in [6, 6.07) is 17.3. The summed E-state index contributed by atoms with van der Waals surface area (Å²) in [5.74, 6) is 1.52. The number of hydrogen-bond donors (Lipinski definition) is 2. The second-order valence-corrected chi connectivity index (χ2v) is 5.77. The van der Waals surface area contributed by atoms with Crippen molar-refractivity contribution >= 4 is 11.6 Å². The molecule has 2 rings (SSSR count). The summed E-state index contributed by atoms with van der Waals surface area (Å²) in [6.45, 7) is 5.38. The molecule has 5 heteroatoms. The van der Waals surface area contributed by atoms with E-state index in [9.17, 15) is 4.79 Å². The van der Waals surface area contributed by atoms with Crippen LogP contribution in [-0.4, -0.2) is 31.7 Å². The number of hydrogen-bond acceptors (Lipinski definition) is 4. The van der Waals surface area contributed by atoms with Crippen LogP contribution in [0.3, 0.4) is 0 Å². The normalized spacial score (nSPS) is 11.6. The van der Waals surface area contributed by atoms with Crippen LogP contribution < -0.4 is 20.1 Å². The number of rotatable bonds is 10. The molecule has 0 saturated carbocycles. The Bertz CT molecular complexity index is 629. The van der Waals surface area contributed by atoms with Gasteiger partial charge in [0.1, 0.15) is 24.7 Å². The molecule has 1 atom stereocenters. The quantitative estimate of drug-likeness (QED) is 0.649. The topological polar surface area (TPSA) is 59.6 Å². The molecule has 0 aliphatic heterocycles. The lowest BCUT2D eigenvalue weighted by molar-refractivity contribution is -0.115. The first kappa shape index (κ1) is 18.8. The van der Waals surface area contributed by atoms with Gasteiger partial charge in [-0.15, -0.1) is 0 Å². The average Bonchev–Trinajstić information content (AvgIpc) is 2.65. The van der Waals surface area contributed by atoms with Crippen LogP contribution in [0.25, 0.3) is 0 Å². The largest absolute Gasteiger partial charge is 0.490 e. The van der Waals surface area contributed by atoms with Crippen molar-refractivity contribution in [2.45, 2.75) is 26.3 Å². The summed E-state index contributed by atoms with van der Waals surface area (Å²) in [7, 11) is 0. The maximum absolute atomic E-state index is 11.8. The molecule has 0 radical (unpaired) electrons. The number of carbonyl (C=O) groups is 1. The first-order chi connectivity index (χ1) is 12.2. The van der Waals surface area contributed by atoms with E-state index in [0.717, 1.165) is 23.6 Å². The summed E-state index contributed by atoms with van der Waals surface area (Å²) in [6.07, 6.45) is 0.993. The Hall–Kier alpha value is -2.53. The number of nitrogens with one attached hydrogen (secondary N) is 2. The summed E-state index contributed by atoms with van der Waals surface area (Å²) in [5.41, 5.74) is 0.754. The molecule has 5 nitrogen and oxygen atoms in total. The summed E-state index contributed by atoms with van der Waals surface area (Å²) in [5, 5.41) is 6.02. The Kier molecular flexibility index (Phi) is 7.79. The lowest BCUT2D eigenvalue weighted by atomic mass is 10.2.